The van der Waals surface area contributed by atoms with E-state index in [1.165, 1.54) is 0 Å². The zero-order valence-corrected chi connectivity index (χ0v) is 9.39. The molecule has 10 heteroatoms. The van der Waals surface area contributed by atoms with E-state index in [9.17, 15) is 26.3 Å². The molecule has 0 bridgehead atoms. The second-order valence-corrected chi connectivity index (χ2v) is 3.24. The molecule has 0 amide bonds. The Balaban J connectivity index is 3.39. The van der Waals surface area contributed by atoms with E-state index in [1.807, 2.05) is 0 Å². The average Bonchev–Trinajstić information content (AvgIpc) is 2.24. The maximum Gasteiger partial charge on any atom is 0.574 e. The quantitative estimate of drug-likeness (QED) is 0.869. The van der Waals surface area contributed by atoms with Crippen molar-refractivity contribution < 1.29 is 35.8 Å². The third-order valence-corrected chi connectivity index (χ3v) is 1.97. The van der Waals surface area contributed by atoms with Crippen LogP contribution in [0.4, 0.5) is 26.3 Å². The lowest BCUT2D eigenvalue weighted by Crippen LogP contribution is -2.21. The molecule has 0 radical (unpaired) electrons. The van der Waals surface area contributed by atoms with Gasteiger partial charge in [-0.2, -0.15) is 13.2 Å². The lowest BCUT2D eigenvalue weighted by atomic mass is 10.1. The molecular weight excluding hydrogens is 282 g/mol. The number of nitrogens with two attached hydrogens (primary N) is 1. The minimum Gasteiger partial charge on any atom is -0.496 e. The Morgan fingerprint density at radius 3 is 2.16 bits per heavy atom. The predicted octanol–water partition coefficient (Wildman–Crippen LogP) is 2.47. The molecule has 108 valence electrons. The van der Waals surface area contributed by atoms with Crippen molar-refractivity contribution in [2.24, 2.45) is 5.73 Å². The highest BCUT2D eigenvalue weighted by atomic mass is 19.4. The van der Waals surface area contributed by atoms with E-state index < -0.39 is 42.0 Å². The number of halogens is 6. The summed E-state index contributed by atoms with van der Waals surface area (Å²) in [6, 6.07) is 0.588. The van der Waals surface area contributed by atoms with E-state index in [1.54, 1.807) is 0 Å². The SMILES string of the molecule is COc1cc(OC(F)(F)F)nc(C(F)(F)F)c1CN. The zero-order chi connectivity index (χ0) is 14.8. The topological polar surface area (TPSA) is 57.4 Å². The highest BCUT2D eigenvalue weighted by Gasteiger charge is 2.39. The summed E-state index contributed by atoms with van der Waals surface area (Å²) in [5.41, 5.74) is 2.99. The van der Waals surface area contributed by atoms with Gasteiger partial charge >= 0.3 is 12.5 Å². The number of hydrogen-bond acceptors (Lipinski definition) is 4. The molecule has 0 saturated carbocycles. The molecule has 0 fully saturated rings. The van der Waals surface area contributed by atoms with Gasteiger partial charge in [-0.15, -0.1) is 13.2 Å². The summed E-state index contributed by atoms with van der Waals surface area (Å²) in [6.45, 7) is -0.600. The minimum atomic E-state index is -5.16. The van der Waals surface area contributed by atoms with Crippen molar-refractivity contribution in [2.45, 2.75) is 19.1 Å². The van der Waals surface area contributed by atoms with Crippen LogP contribution in [0.1, 0.15) is 11.3 Å². The van der Waals surface area contributed by atoms with Crippen LogP contribution in [0.5, 0.6) is 11.6 Å². The Kier molecular flexibility index (Phi) is 4.13. The van der Waals surface area contributed by atoms with Gasteiger partial charge in [0.2, 0.25) is 5.88 Å². The number of methoxy groups -OCH3 is 1. The third-order valence-electron chi connectivity index (χ3n) is 1.97. The highest BCUT2D eigenvalue weighted by molar-refractivity contribution is 5.41. The van der Waals surface area contributed by atoms with Gasteiger partial charge in [0.05, 0.1) is 7.11 Å². The Morgan fingerprint density at radius 2 is 1.79 bits per heavy atom. The molecule has 0 saturated heterocycles. The van der Waals surface area contributed by atoms with E-state index in [4.69, 9.17) is 5.73 Å². The normalized spacial score (nSPS) is 12.4. The first kappa shape index (κ1) is 15.3. The van der Waals surface area contributed by atoms with E-state index in [0.29, 0.717) is 6.07 Å². The van der Waals surface area contributed by atoms with Crippen molar-refractivity contribution in [1.82, 2.24) is 4.98 Å². The minimum absolute atomic E-state index is 0.482. The molecule has 1 aromatic rings. The van der Waals surface area contributed by atoms with Gasteiger partial charge < -0.3 is 15.2 Å². The molecule has 0 aliphatic heterocycles. The van der Waals surface area contributed by atoms with E-state index in [0.717, 1.165) is 7.11 Å². The van der Waals surface area contributed by atoms with Crippen LogP contribution >= 0.6 is 0 Å². The Morgan fingerprint density at radius 1 is 1.21 bits per heavy atom. The van der Waals surface area contributed by atoms with Gasteiger partial charge in [-0.05, 0) is 0 Å². The van der Waals surface area contributed by atoms with Crippen molar-refractivity contribution in [1.29, 1.82) is 0 Å². The summed E-state index contributed by atoms with van der Waals surface area (Å²) in [6.07, 6.45) is -10.1. The van der Waals surface area contributed by atoms with Gasteiger partial charge in [0.1, 0.15) is 5.75 Å². The lowest BCUT2D eigenvalue weighted by molar-refractivity contribution is -0.276. The molecule has 19 heavy (non-hydrogen) atoms. The maximum absolute atomic E-state index is 12.7. The first-order valence-electron chi connectivity index (χ1n) is 4.69. The summed E-state index contributed by atoms with van der Waals surface area (Å²) < 4.78 is 81.8. The van der Waals surface area contributed by atoms with Crippen LogP contribution in [0.25, 0.3) is 0 Å². The number of rotatable bonds is 3. The van der Waals surface area contributed by atoms with E-state index in [-0.39, 0.29) is 0 Å². The van der Waals surface area contributed by atoms with Crippen LogP contribution in [-0.2, 0) is 12.7 Å². The summed E-state index contributed by atoms with van der Waals surface area (Å²) in [5.74, 6) is -1.75. The Labute approximate surface area is 103 Å². The maximum atomic E-state index is 12.7. The van der Waals surface area contributed by atoms with Crippen molar-refractivity contribution >= 4 is 0 Å². The molecule has 0 spiro atoms. The summed E-state index contributed by atoms with van der Waals surface area (Å²) in [7, 11) is 0.992. The molecule has 0 aromatic carbocycles. The predicted molar refractivity (Wildman–Crippen MR) is 50.4 cm³/mol. The third kappa shape index (κ3) is 3.88. The lowest BCUT2D eigenvalue weighted by Gasteiger charge is -2.16. The van der Waals surface area contributed by atoms with Gasteiger partial charge in [-0.3, -0.25) is 0 Å². The highest BCUT2D eigenvalue weighted by Crippen LogP contribution is 2.37. The summed E-state index contributed by atoms with van der Waals surface area (Å²) >= 11 is 0. The second kappa shape index (κ2) is 5.11. The number of ether oxygens (including phenoxy) is 2. The van der Waals surface area contributed by atoms with Crippen LogP contribution in [0.15, 0.2) is 6.07 Å². The molecule has 0 aliphatic carbocycles. The Hall–Kier alpha value is -1.71. The van der Waals surface area contributed by atoms with Gasteiger partial charge in [-0.1, -0.05) is 0 Å². The van der Waals surface area contributed by atoms with Crippen molar-refractivity contribution in [3.63, 3.8) is 0 Å². The number of aromatic nitrogens is 1. The number of nitrogens with zero attached hydrogens (tertiary/aromatic N) is 1. The summed E-state index contributed by atoms with van der Waals surface area (Å²) in [5, 5.41) is 0. The molecule has 0 unspecified atom stereocenters. The monoisotopic (exact) mass is 290 g/mol. The zero-order valence-electron chi connectivity index (χ0n) is 9.39. The fourth-order valence-corrected chi connectivity index (χ4v) is 1.31. The van der Waals surface area contributed by atoms with Crippen LogP contribution in [-0.4, -0.2) is 18.5 Å². The Bertz CT molecular complexity index is 457. The average molecular weight is 290 g/mol. The molecule has 1 rings (SSSR count). The van der Waals surface area contributed by atoms with Crippen LogP contribution in [0, 0.1) is 0 Å². The van der Waals surface area contributed by atoms with Gasteiger partial charge in [0, 0.05) is 18.2 Å². The van der Waals surface area contributed by atoms with E-state index >= 15 is 0 Å². The van der Waals surface area contributed by atoms with Crippen LogP contribution < -0.4 is 15.2 Å². The number of hydrogen-bond donors (Lipinski definition) is 1. The molecule has 4 nitrogen and oxygen atoms in total. The van der Waals surface area contributed by atoms with Crippen LogP contribution in [0.2, 0.25) is 0 Å². The largest absolute Gasteiger partial charge is 0.574 e. The fourth-order valence-electron chi connectivity index (χ4n) is 1.31. The standard InChI is InChI=1S/C9H8F6N2O2/c1-18-5-2-6(19-9(13,14)15)17-7(4(5)3-16)8(10,11)12/h2H,3,16H2,1H3. The fraction of sp³-hybridized carbons (Fsp3) is 0.444. The van der Waals surface area contributed by atoms with Gasteiger partial charge in [-0.25, -0.2) is 4.98 Å². The second-order valence-electron chi connectivity index (χ2n) is 3.24. The number of alkyl halides is 6. The molecular formula is C9H8F6N2O2. The molecule has 2 N–H and O–H groups in total. The van der Waals surface area contributed by atoms with Crippen LogP contribution in [0.3, 0.4) is 0 Å². The first-order chi connectivity index (χ1) is 8.58. The smallest absolute Gasteiger partial charge is 0.496 e. The van der Waals surface area contributed by atoms with Gasteiger partial charge in [0.25, 0.3) is 0 Å². The van der Waals surface area contributed by atoms with E-state index in [2.05, 4.69) is 14.5 Å². The van der Waals surface area contributed by atoms with Crippen molar-refractivity contribution in [2.75, 3.05) is 7.11 Å². The van der Waals surface area contributed by atoms with Crippen molar-refractivity contribution in [3.8, 4) is 11.6 Å². The molecule has 1 heterocycles. The summed E-state index contributed by atoms with van der Waals surface area (Å²) in [4.78, 5) is 2.78. The molecule has 0 atom stereocenters. The molecule has 0 aliphatic rings. The molecule has 1 aromatic heterocycles. The first-order valence-corrected chi connectivity index (χ1v) is 4.69. The number of pyridine rings is 1. The van der Waals surface area contributed by atoms with Crippen molar-refractivity contribution in [3.05, 3.63) is 17.3 Å². The van der Waals surface area contributed by atoms with Gasteiger partial charge in [0.15, 0.2) is 5.69 Å².